The maximum atomic E-state index is 12.4. The van der Waals surface area contributed by atoms with Gasteiger partial charge in [0.25, 0.3) is 0 Å². The fourth-order valence-electron chi connectivity index (χ4n) is 3.43. The van der Waals surface area contributed by atoms with Crippen LogP contribution >= 0.6 is 23.1 Å². The molecule has 1 unspecified atom stereocenters. The molecule has 1 aliphatic heterocycles. The molecule has 28 heavy (non-hydrogen) atoms. The zero-order valence-electron chi connectivity index (χ0n) is 15.8. The van der Waals surface area contributed by atoms with Crippen LogP contribution in [0.25, 0.3) is 0 Å². The van der Waals surface area contributed by atoms with Gasteiger partial charge in [0, 0.05) is 24.1 Å². The number of hydrogen-bond acceptors (Lipinski definition) is 7. The molecule has 1 fully saturated rings. The highest BCUT2D eigenvalue weighted by Crippen LogP contribution is 2.32. The van der Waals surface area contributed by atoms with Crippen molar-refractivity contribution in [3.8, 4) is 5.75 Å². The van der Waals surface area contributed by atoms with Gasteiger partial charge in [0.2, 0.25) is 5.91 Å². The van der Waals surface area contributed by atoms with E-state index in [-0.39, 0.29) is 23.7 Å². The number of thiazole rings is 1. The van der Waals surface area contributed by atoms with E-state index in [4.69, 9.17) is 15.6 Å². The molecule has 0 radical (unpaired) electrons. The zero-order valence-corrected chi connectivity index (χ0v) is 17.4. The molecule has 0 aliphatic carbocycles. The number of amides is 1. The maximum absolute atomic E-state index is 12.4. The molecule has 3 rings (SSSR count). The molecule has 9 heteroatoms. The van der Waals surface area contributed by atoms with E-state index in [9.17, 15) is 9.59 Å². The molecule has 1 aromatic heterocycles. The van der Waals surface area contributed by atoms with E-state index in [2.05, 4.69) is 4.98 Å². The van der Waals surface area contributed by atoms with Gasteiger partial charge in [-0.2, -0.15) is 0 Å². The van der Waals surface area contributed by atoms with E-state index in [1.54, 1.807) is 7.11 Å². The number of benzene rings is 1. The second kappa shape index (κ2) is 8.93. The lowest BCUT2D eigenvalue weighted by Crippen LogP contribution is -2.41. The number of thioether (sulfide) groups is 1. The van der Waals surface area contributed by atoms with E-state index in [1.807, 2.05) is 30.0 Å². The predicted octanol–water partition coefficient (Wildman–Crippen LogP) is 2.94. The Labute approximate surface area is 171 Å². The molecule has 0 bridgehead atoms. The van der Waals surface area contributed by atoms with E-state index in [0.717, 1.165) is 23.3 Å². The van der Waals surface area contributed by atoms with E-state index in [1.165, 1.54) is 28.5 Å². The summed E-state index contributed by atoms with van der Waals surface area (Å²) in [7, 11) is 1.63. The Balaban J connectivity index is 1.64. The van der Waals surface area contributed by atoms with Crippen molar-refractivity contribution in [1.82, 2.24) is 9.88 Å². The smallest absolute Gasteiger partial charge is 0.355 e. The largest absolute Gasteiger partial charge is 0.497 e. The van der Waals surface area contributed by atoms with Gasteiger partial charge in [0.1, 0.15) is 5.75 Å². The number of carboxylic acid groups (broad SMARTS) is 1. The third-order valence-corrected chi connectivity index (χ3v) is 6.89. The summed E-state index contributed by atoms with van der Waals surface area (Å²) in [6, 6.07) is 5.50. The number of carboxylic acids is 1. The monoisotopic (exact) mass is 421 g/mol. The van der Waals surface area contributed by atoms with Crippen LogP contribution in [0.15, 0.2) is 27.9 Å². The molecule has 1 aliphatic rings. The van der Waals surface area contributed by atoms with Crippen molar-refractivity contribution in [3.05, 3.63) is 40.4 Å². The fourth-order valence-corrected chi connectivity index (χ4v) is 5.24. The molecule has 1 aromatic carbocycles. The Hall–Kier alpha value is -2.10. The summed E-state index contributed by atoms with van der Waals surface area (Å²) >= 11 is 2.76. The fraction of sp³-hybridized carbons (Fsp3) is 0.421. The average Bonchev–Trinajstić information content (AvgIpc) is 3.29. The van der Waals surface area contributed by atoms with Crippen LogP contribution in [-0.4, -0.2) is 52.3 Å². The number of carbonyl (C=O) groups excluding carboxylic acids is 1. The van der Waals surface area contributed by atoms with Gasteiger partial charge in [-0.1, -0.05) is 17.8 Å². The van der Waals surface area contributed by atoms with Crippen molar-refractivity contribution in [2.75, 3.05) is 19.4 Å². The summed E-state index contributed by atoms with van der Waals surface area (Å²) in [6.45, 7) is 2.55. The third kappa shape index (κ3) is 4.48. The SMILES string of the molecule is COc1ccc(C(N)[C@H]2CCC(=O)N2CCSc2nc(C(=O)O)cs2)c(C)c1. The van der Waals surface area contributed by atoms with Gasteiger partial charge in [-0.3, -0.25) is 4.79 Å². The van der Waals surface area contributed by atoms with Crippen LogP contribution in [0.4, 0.5) is 0 Å². The molecule has 0 saturated carbocycles. The van der Waals surface area contributed by atoms with E-state index < -0.39 is 5.97 Å². The quantitative estimate of drug-likeness (QED) is 0.631. The molecule has 0 spiro atoms. The topological polar surface area (TPSA) is 106 Å². The molecular weight excluding hydrogens is 398 g/mol. The van der Waals surface area contributed by atoms with Crippen LogP contribution in [0.5, 0.6) is 5.75 Å². The summed E-state index contributed by atoms with van der Waals surface area (Å²) in [4.78, 5) is 29.2. The second-order valence-electron chi connectivity index (χ2n) is 6.59. The molecule has 150 valence electrons. The molecule has 7 nitrogen and oxygen atoms in total. The van der Waals surface area contributed by atoms with Crippen LogP contribution in [-0.2, 0) is 4.79 Å². The highest BCUT2D eigenvalue weighted by atomic mass is 32.2. The Bertz CT molecular complexity index is 871. The van der Waals surface area contributed by atoms with E-state index in [0.29, 0.717) is 23.1 Å². The zero-order chi connectivity index (χ0) is 20.3. The van der Waals surface area contributed by atoms with Crippen LogP contribution in [0.2, 0.25) is 0 Å². The molecule has 2 heterocycles. The number of ether oxygens (including phenoxy) is 1. The Morgan fingerprint density at radius 3 is 2.96 bits per heavy atom. The highest BCUT2D eigenvalue weighted by Gasteiger charge is 2.35. The number of aryl methyl sites for hydroxylation is 1. The van der Waals surface area contributed by atoms with Gasteiger partial charge < -0.3 is 20.5 Å². The number of aromatic carboxylic acids is 1. The third-order valence-electron chi connectivity index (χ3n) is 4.89. The minimum atomic E-state index is -1.03. The molecule has 2 atom stereocenters. The molecule has 1 amide bonds. The van der Waals surface area contributed by atoms with Crippen LogP contribution in [0.1, 0.15) is 40.5 Å². The summed E-state index contributed by atoms with van der Waals surface area (Å²) in [6.07, 6.45) is 1.23. The highest BCUT2D eigenvalue weighted by molar-refractivity contribution is 8.01. The number of nitrogens with two attached hydrogens (primary N) is 1. The molecule has 1 saturated heterocycles. The molecular formula is C19H23N3O4S2. The van der Waals surface area contributed by atoms with Gasteiger partial charge in [-0.15, -0.1) is 11.3 Å². The van der Waals surface area contributed by atoms with Gasteiger partial charge >= 0.3 is 5.97 Å². The number of rotatable bonds is 8. The lowest BCUT2D eigenvalue weighted by Gasteiger charge is -2.30. The van der Waals surface area contributed by atoms with Crippen LogP contribution in [0.3, 0.4) is 0 Å². The first-order chi connectivity index (χ1) is 13.4. The normalized spacial score (nSPS) is 17.8. The minimum Gasteiger partial charge on any atom is -0.497 e. The number of carbonyl (C=O) groups is 2. The van der Waals surface area contributed by atoms with Crippen molar-refractivity contribution in [2.45, 2.75) is 36.2 Å². The first kappa shape index (κ1) is 20.6. The average molecular weight is 422 g/mol. The Morgan fingerprint density at radius 2 is 2.32 bits per heavy atom. The van der Waals surface area contributed by atoms with Crippen LogP contribution < -0.4 is 10.5 Å². The maximum Gasteiger partial charge on any atom is 0.355 e. The second-order valence-corrected chi connectivity index (χ2v) is 8.79. The summed E-state index contributed by atoms with van der Waals surface area (Å²) in [5.41, 5.74) is 8.67. The van der Waals surface area contributed by atoms with E-state index >= 15 is 0 Å². The number of likely N-dealkylation sites (tertiary alicyclic amines) is 1. The van der Waals surface area contributed by atoms with Crippen LogP contribution in [0, 0.1) is 6.92 Å². The molecule has 3 N–H and O–H groups in total. The summed E-state index contributed by atoms with van der Waals surface area (Å²) in [5.74, 6) is 0.507. The lowest BCUT2D eigenvalue weighted by molar-refractivity contribution is -0.128. The van der Waals surface area contributed by atoms with Gasteiger partial charge in [-0.05, 0) is 36.6 Å². The van der Waals surface area contributed by atoms with Crippen molar-refractivity contribution in [1.29, 1.82) is 0 Å². The summed E-state index contributed by atoms with van der Waals surface area (Å²) in [5, 5.41) is 10.5. The van der Waals surface area contributed by atoms with Crippen molar-refractivity contribution < 1.29 is 19.4 Å². The predicted molar refractivity (Wildman–Crippen MR) is 109 cm³/mol. The lowest BCUT2D eigenvalue weighted by atomic mass is 9.94. The first-order valence-corrected chi connectivity index (χ1v) is 10.8. The van der Waals surface area contributed by atoms with Crippen molar-refractivity contribution in [3.63, 3.8) is 0 Å². The van der Waals surface area contributed by atoms with Gasteiger partial charge in [-0.25, -0.2) is 9.78 Å². The summed E-state index contributed by atoms with van der Waals surface area (Å²) < 4.78 is 5.95. The number of nitrogens with zero attached hydrogens (tertiary/aromatic N) is 2. The molecule has 2 aromatic rings. The minimum absolute atomic E-state index is 0.0499. The number of methoxy groups -OCH3 is 1. The number of hydrogen-bond donors (Lipinski definition) is 2. The van der Waals surface area contributed by atoms with Gasteiger partial charge in [0.15, 0.2) is 10.0 Å². The van der Waals surface area contributed by atoms with Gasteiger partial charge in [0.05, 0.1) is 19.2 Å². The number of aromatic nitrogens is 1. The Kier molecular flexibility index (Phi) is 6.58. The first-order valence-electron chi connectivity index (χ1n) is 8.92. The van der Waals surface area contributed by atoms with Crippen molar-refractivity contribution >= 4 is 35.0 Å². The standard InChI is InChI=1S/C19H23N3O4S2/c1-11-9-12(26-2)3-4-13(11)17(20)15-5-6-16(23)22(15)7-8-27-19-21-14(10-28-19)18(24)25/h3-4,9-10,15,17H,5-8,20H2,1-2H3,(H,24,25)/t15-,17?/m1/s1. The van der Waals surface area contributed by atoms with Crippen molar-refractivity contribution in [2.24, 2.45) is 5.73 Å². The Morgan fingerprint density at radius 1 is 1.54 bits per heavy atom.